The number of ether oxygens (including phenoxy) is 2. The van der Waals surface area contributed by atoms with Gasteiger partial charge >= 0.3 is 0 Å². The zero-order chi connectivity index (χ0) is 19.2. The first kappa shape index (κ1) is 19.7. The Bertz CT molecular complexity index is 840. The van der Waals surface area contributed by atoms with Crippen molar-refractivity contribution in [2.75, 3.05) is 38.2 Å². The predicted octanol–water partition coefficient (Wildman–Crippen LogP) is 3.59. The van der Waals surface area contributed by atoms with E-state index in [9.17, 15) is 9.59 Å². The van der Waals surface area contributed by atoms with Crippen LogP contribution in [-0.4, -0.2) is 49.6 Å². The Morgan fingerprint density at radius 2 is 1.96 bits per heavy atom. The zero-order valence-corrected chi connectivity index (χ0v) is 16.8. The highest BCUT2D eigenvalue weighted by molar-refractivity contribution is 9.10. The number of morpholine rings is 1. The van der Waals surface area contributed by atoms with Crippen molar-refractivity contribution < 1.29 is 19.1 Å². The Hall–Kier alpha value is -2.09. The molecule has 0 unspecified atom stereocenters. The first-order valence-corrected chi connectivity index (χ1v) is 9.55. The van der Waals surface area contributed by atoms with Gasteiger partial charge in [0.05, 0.1) is 18.2 Å². The minimum Gasteiger partial charge on any atom is -0.482 e. The number of nitrogens with zero attached hydrogens (tertiary/aromatic N) is 1. The van der Waals surface area contributed by atoms with Gasteiger partial charge in [0.2, 0.25) is 0 Å². The number of hydrogen-bond acceptors (Lipinski definition) is 4. The summed E-state index contributed by atoms with van der Waals surface area (Å²) >= 11 is 9.38. The Kier molecular flexibility index (Phi) is 6.71. The van der Waals surface area contributed by atoms with Crippen LogP contribution in [0.4, 0.5) is 5.69 Å². The number of benzene rings is 2. The molecule has 3 rings (SSSR count). The Morgan fingerprint density at radius 3 is 2.70 bits per heavy atom. The molecule has 0 atom stereocenters. The van der Waals surface area contributed by atoms with Gasteiger partial charge in [-0.05, 0) is 36.4 Å². The van der Waals surface area contributed by atoms with Gasteiger partial charge in [0, 0.05) is 28.8 Å². The van der Waals surface area contributed by atoms with Gasteiger partial charge in [-0.1, -0.05) is 33.6 Å². The van der Waals surface area contributed by atoms with Crippen LogP contribution in [0.25, 0.3) is 0 Å². The van der Waals surface area contributed by atoms with E-state index in [0.717, 1.165) is 4.47 Å². The molecule has 27 heavy (non-hydrogen) atoms. The monoisotopic (exact) mass is 452 g/mol. The van der Waals surface area contributed by atoms with E-state index in [1.165, 1.54) is 0 Å². The largest absolute Gasteiger partial charge is 0.482 e. The van der Waals surface area contributed by atoms with Crippen molar-refractivity contribution in [2.45, 2.75) is 0 Å². The van der Waals surface area contributed by atoms with Crippen LogP contribution >= 0.6 is 27.5 Å². The highest BCUT2D eigenvalue weighted by atomic mass is 79.9. The molecule has 2 amide bonds. The van der Waals surface area contributed by atoms with E-state index in [0.29, 0.717) is 48.3 Å². The second kappa shape index (κ2) is 9.21. The molecule has 0 aromatic heterocycles. The fourth-order valence-corrected chi connectivity index (χ4v) is 3.34. The first-order valence-electron chi connectivity index (χ1n) is 8.38. The maximum absolute atomic E-state index is 12.5. The van der Waals surface area contributed by atoms with E-state index in [1.54, 1.807) is 47.4 Å². The van der Waals surface area contributed by atoms with Gasteiger partial charge in [-0.3, -0.25) is 9.59 Å². The van der Waals surface area contributed by atoms with Crippen molar-refractivity contribution in [3.05, 3.63) is 57.5 Å². The van der Waals surface area contributed by atoms with Crippen molar-refractivity contribution in [1.29, 1.82) is 0 Å². The summed E-state index contributed by atoms with van der Waals surface area (Å²) in [6.45, 7) is 2.02. The van der Waals surface area contributed by atoms with Crippen LogP contribution in [0.3, 0.4) is 0 Å². The quantitative estimate of drug-likeness (QED) is 0.751. The van der Waals surface area contributed by atoms with Crippen LogP contribution in [0.5, 0.6) is 5.75 Å². The van der Waals surface area contributed by atoms with Gasteiger partial charge in [0.15, 0.2) is 6.61 Å². The summed E-state index contributed by atoms with van der Waals surface area (Å²) < 4.78 is 11.5. The van der Waals surface area contributed by atoms with Crippen molar-refractivity contribution in [3.63, 3.8) is 0 Å². The molecule has 2 aromatic rings. The van der Waals surface area contributed by atoms with Crippen molar-refractivity contribution in [1.82, 2.24) is 4.90 Å². The lowest BCUT2D eigenvalue weighted by atomic mass is 10.1. The van der Waals surface area contributed by atoms with E-state index >= 15 is 0 Å². The number of rotatable bonds is 5. The molecule has 6 nitrogen and oxygen atoms in total. The molecule has 0 spiro atoms. The average molecular weight is 454 g/mol. The minimum atomic E-state index is -0.343. The van der Waals surface area contributed by atoms with Gasteiger partial charge < -0.3 is 19.7 Å². The van der Waals surface area contributed by atoms with E-state index in [1.807, 2.05) is 0 Å². The zero-order valence-electron chi connectivity index (χ0n) is 14.4. The molecule has 2 aromatic carbocycles. The van der Waals surface area contributed by atoms with Crippen LogP contribution < -0.4 is 10.1 Å². The van der Waals surface area contributed by atoms with Crippen molar-refractivity contribution >= 4 is 45.0 Å². The molecule has 0 aliphatic carbocycles. The van der Waals surface area contributed by atoms with Crippen LogP contribution in [0.15, 0.2) is 46.9 Å². The smallest absolute Gasteiger partial charge is 0.262 e. The third kappa shape index (κ3) is 5.45. The minimum absolute atomic E-state index is 0.0766. The average Bonchev–Trinajstić information content (AvgIpc) is 2.67. The summed E-state index contributed by atoms with van der Waals surface area (Å²) in [7, 11) is 0. The van der Waals surface area contributed by atoms with Gasteiger partial charge in [0.1, 0.15) is 5.75 Å². The molecule has 1 aliphatic rings. The van der Waals surface area contributed by atoms with Crippen molar-refractivity contribution in [3.8, 4) is 5.75 Å². The van der Waals surface area contributed by atoms with E-state index in [4.69, 9.17) is 21.1 Å². The van der Waals surface area contributed by atoms with Gasteiger partial charge in [-0.25, -0.2) is 0 Å². The van der Waals surface area contributed by atoms with Crippen LogP contribution in [-0.2, 0) is 9.53 Å². The summed E-state index contributed by atoms with van der Waals surface area (Å²) in [6.07, 6.45) is 0. The highest BCUT2D eigenvalue weighted by Gasteiger charge is 2.18. The maximum Gasteiger partial charge on any atom is 0.262 e. The number of carbonyl (C=O) groups is 2. The third-order valence-electron chi connectivity index (χ3n) is 3.94. The Morgan fingerprint density at radius 1 is 1.19 bits per heavy atom. The van der Waals surface area contributed by atoms with E-state index in [2.05, 4.69) is 21.2 Å². The van der Waals surface area contributed by atoms with Gasteiger partial charge in [0.25, 0.3) is 11.8 Å². The first-order chi connectivity index (χ1) is 13.0. The highest BCUT2D eigenvalue weighted by Crippen LogP contribution is 2.27. The normalized spacial score (nSPS) is 13.9. The lowest BCUT2D eigenvalue weighted by molar-refractivity contribution is -0.118. The van der Waals surface area contributed by atoms with Gasteiger partial charge in [-0.15, -0.1) is 0 Å². The number of hydrogen-bond donors (Lipinski definition) is 1. The summed E-state index contributed by atoms with van der Waals surface area (Å²) in [4.78, 5) is 26.4. The molecule has 0 saturated carbocycles. The lowest BCUT2D eigenvalue weighted by Gasteiger charge is -2.27. The predicted molar refractivity (Wildman–Crippen MR) is 106 cm³/mol. The molecule has 1 N–H and O–H groups in total. The van der Waals surface area contributed by atoms with Crippen LogP contribution in [0.2, 0.25) is 5.02 Å². The molecule has 1 saturated heterocycles. The molecular formula is C19H18BrClN2O4. The molecule has 1 fully saturated rings. The lowest BCUT2D eigenvalue weighted by Crippen LogP contribution is -2.40. The number of carbonyl (C=O) groups excluding carboxylic acids is 2. The summed E-state index contributed by atoms with van der Waals surface area (Å²) in [6, 6.07) is 12.0. The molecule has 142 valence electrons. The number of halogens is 2. The topological polar surface area (TPSA) is 67.9 Å². The summed E-state index contributed by atoms with van der Waals surface area (Å²) in [5, 5.41) is 3.14. The number of amides is 2. The van der Waals surface area contributed by atoms with E-state index < -0.39 is 0 Å². The molecule has 1 aliphatic heterocycles. The third-order valence-corrected chi connectivity index (χ3v) is 4.73. The molecular weight excluding hydrogens is 436 g/mol. The van der Waals surface area contributed by atoms with Crippen molar-refractivity contribution in [2.24, 2.45) is 0 Å². The van der Waals surface area contributed by atoms with Gasteiger partial charge in [-0.2, -0.15) is 0 Å². The van der Waals surface area contributed by atoms with E-state index in [-0.39, 0.29) is 18.4 Å². The number of nitrogens with one attached hydrogen (secondary N) is 1. The number of anilines is 1. The second-order valence-electron chi connectivity index (χ2n) is 5.90. The molecule has 8 heteroatoms. The fraction of sp³-hybridized carbons (Fsp3) is 0.263. The Labute approximate surface area is 170 Å². The second-order valence-corrected chi connectivity index (χ2v) is 7.22. The molecule has 0 radical (unpaired) electrons. The molecule has 0 bridgehead atoms. The summed E-state index contributed by atoms with van der Waals surface area (Å²) in [5.41, 5.74) is 1.05. The fourth-order valence-electron chi connectivity index (χ4n) is 2.61. The standard InChI is InChI=1S/C19H18BrClN2O4/c20-14-4-5-17(16(21)11-14)27-12-18(24)22-15-3-1-2-13(10-15)19(25)23-6-8-26-9-7-23/h1-5,10-11H,6-9,12H2,(H,22,24). The van der Waals surface area contributed by atoms with Crippen LogP contribution in [0.1, 0.15) is 10.4 Å². The SMILES string of the molecule is O=C(COc1ccc(Br)cc1Cl)Nc1cccc(C(=O)N2CCOCC2)c1. The maximum atomic E-state index is 12.5. The summed E-state index contributed by atoms with van der Waals surface area (Å²) in [5.74, 6) is 0.00325. The van der Waals surface area contributed by atoms with Crippen LogP contribution in [0, 0.1) is 0 Å². The molecule has 1 heterocycles. The Balaban J connectivity index is 1.58.